The van der Waals surface area contributed by atoms with E-state index in [0.29, 0.717) is 5.33 Å². The molecule has 8 heteroatoms. The zero-order valence-electron chi connectivity index (χ0n) is 10.3. The van der Waals surface area contributed by atoms with E-state index in [9.17, 15) is 18.5 Å². The third-order valence-corrected chi connectivity index (χ3v) is 4.78. The summed E-state index contributed by atoms with van der Waals surface area (Å²) in [7, 11) is -3.14. The van der Waals surface area contributed by atoms with Crippen molar-refractivity contribution in [1.82, 2.24) is 0 Å². The second-order valence-electron chi connectivity index (χ2n) is 3.78. The maximum Gasteiger partial charge on any atom is 0.311 e. The van der Waals surface area contributed by atoms with Gasteiger partial charge < -0.3 is 4.74 Å². The Morgan fingerprint density at radius 3 is 2.63 bits per heavy atom. The monoisotopic (exact) mass is 351 g/mol. The van der Waals surface area contributed by atoms with Crippen molar-refractivity contribution in [3.8, 4) is 5.75 Å². The molecule has 0 N–H and O–H groups in total. The third-order valence-electron chi connectivity index (χ3n) is 2.47. The van der Waals surface area contributed by atoms with E-state index in [0.717, 1.165) is 5.56 Å². The van der Waals surface area contributed by atoms with Crippen molar-refractivity contribution in [2.75, 3.05) is 18.1 Å². The number of nitro benzene ring substituents is 1. The van der Waals surface area contributed by atoms with Gasteiger partial charge in [0.25, 0.3) is 0 Å². The standard InChI is InChI=1S/C11H14BrNO5S/c1-2-19(16,17)6-5-18-11-4-3-9(8-12)7-10(11)13(14)15/h3-4,7H,2,5-6,8H2,1H3. The summed E-state index contributed by atoms with van der Waals surface area (Å²) < 4.78 is 27.8. The molecule has 106 valence electrons. The highest BCUT2D eigenvalue weighted by molar-refractivity contribution is 9.08. The van der Waals surface area contributed by atoms with Gasteiger partial charge in [-0.25, -0.2) is 8.42 Å². The predicted molar refractivity (Wildman–Crippen MR) is 75.6 cm³/mol. The first kappa shape index (κ1) is 15.9. The number of nitro groups is 1. The van der Waals surface area contributed by atoms with Crippen molar-refractivity contribution in [2.45, 2.75) is 12.3 Å². The molecule has 0 saturated carbocycles. The summed E-state index contributed by atoms with van der Waals surface area (Å²) in [5.74, 6) is -0.0389. The van der Waals surface area contributed by atoms with Crippen LogP contribution in [0.3, 0.4) is 0 Å². The van der Waals surface area contributed by atoms with Gasteiger partial charge in [0, 0.05) is 17.1 Å². The van der Waals surface area contributed by atoms with Crippen molar-refractivity contribution in [2.24, 2.45) is 0 Å². The van der Waals surface area contributed by atoms with Crippen molar-refractivity contribution in [3.05, 3.63) is 33.9 Å². The van der Waals surface area contributed by atoms with E-state index < -0.39 is 14.8 Å². The molecule has 0 spiro atoms. The van der Waals surface area contributed by atoms with E-state index in [2.05, 4.69) is 15.9 Å². The van der Waals surface area contributed by atoms with Gasteiger partial charge in [-0.2, -0.15) is 0 Å². The lowest BCUT2D eigenvalue weighted by Crippen LogP contribution is -2.16. The van der Waals surface area contributed by atoms with Crippen LogP contribution in [0.2, 0.25) is 0 Å². The molecule has 1 rings (SSSR count). The summed E-state index contributed by atoms with van der Waals surface area (Å²) in [6, 6.07) is 4.57. The molecule has 6 nitrogen and oxygen atoms in total. The normalized spacial score (nSPS) is 11.3. The number of nitrogens with zero attached hydrogens (tertiary/aromatic N) is 1. The molecule has 0 unspecified atom stereocenters. The third kappa shape index (κ3) is 4.79. The van der Waals surface area contributed by atoms with Gasteiger partial charge in [-0.3, -0.25) is 10.1 Å². The molecule has 0 bridgehead atoms. The summed E-state index contributed by atoms with van der Waals surface area (Å²) in [6.45, 7) is 1.45. The summed E-state index contributed by atoms with van der Waals surface area (Å²) in [6.07, 6.45) is 0. The molecule has 0 radical (unpaired) electrons. The van der Waals surface area contributed by atoms with Gasteiger partial charge in [-0.15, -0.1) is 0 Å². The summed E-state index contributed by atoms with van der Waals surface area (Å²) in [4.78, 5) is 10.4. The Labute approximate surface area is 120 Å². The molecule has 0 fully saturated rings. The molecule has 0 heterocycles. The molecule has 1 aromatic carbocycles. The number of ether oxygens (including phenoxy) is 1. The molecular formula is C11H14BrNO5S. The number of benzene rings is 1. The fourth-order valence-electron chi connectivity index (χ4n) is 1.33. The number of hydrogen-bond donors (Lipinski definition) is 0. The van der Waals surface area contributed by atoms with Crippen LogP contribution in [0, 0.1) is 10.1 Å². The smallest absolute Gasteiger partial charge is 0.311 e. The maximum atomic E-state index is 11.3. The quantitative estimate of drug-likeness (QED) is 0.427. The van der Waals surface area contributed by atoms with Gasteiger partial charge >= 0.3 is 5.69 Å². The van der Waals surface area contributed by atoms with Crippen molar-refractivity contribution in [3.63, 3.8) is 0 Å². The first-order valence-corrected chi connectivity index (χ1v) is 8.50. The van der Waals surface area contributed by atoms with E-state index in [1.807, 2.05) is 0 Å². The molecule has 0 aliphatic carbocycles. The van der Waals surface area contributed by atoms with E-state index in [-0.39, 0.29) is 29.5 Å². The molecule has 0 aromatic heterocycles. The van der Waals surface area contributed by atoms with Crippen LogP contribution in [-0.4, -0.2) is 31.5 Å². The van der Waals surface area contributed by atoms with Crippen molar-refractivity contribution < 1.29 is 18.1 Å². The molecule has 0 aliphatic heterocycles. The van der Waals surface area contributed by atoms with Crippen LogP contribution in [0.25, 0.3) is 0 Å². The molecular weight excluding hydrogens is 338 g/mol. The Bertz CT molecular complexity index is 558. The van der Waals surface area contributed by atoms with E-state index >= 15 is 0 Å². The van der Waals surface area contributed by atoms with Crippen LogP contribution in [0.1, 0.15) is 12.5 Å². The summed E-state index contributed by atoms with van der Waals surface area (Å²) >= 11 is 3.21. The highest BCUT2D eigenvalue weighted by Crippen LogP contribution is 2.28. The van der Waals surface area contributed by atoms with Crippen LogP contribution in [0.15, 0.2) is 18.2 Å². The first-order valence-electron chi connectivity index (χ1n) is 5.56. The number of hydrogen-bond acceptors (Lipinski definition) is 5. The van der Waals surface area contributed by atoms with E-state index in [1.54, 1.807) is 13.0 Å². The molecule has 1 aromatic rings. The Morgan fingerprint density at radius 2 is 2.11 bits per heavy atom. The molecule has 0 aliphatic rings. The fraction of sp³-hybridized carbons (Fsp3) is 0.455. The fourth-order valence-corrected chi connectivity index (χ4v) is 2.31. The van der Waals surface area contributed by atoms with Crippen LogP contribution >= 0.6 is 15.9 Å². The largest absolute Gasteiger partial charge is 0.486 e. The Balaban J connectivity index is 2.81. The zero-order chi connectivity index (χ0) is 14.5. The second-order valence-corrected chi connectivity index (χ2v) is 6.81. The molecule has 19 heavy (non-hydrogen) atoms. The summed E-state index contributed by atoms with van der Waals surface area (Å²) in [5, 5.41) is 11.4. The predicted octanol–water partition coefficient (Wildman–Crippen LogP) is 2.30. The van der Waals surface area contributed by atoms with Crippen molar-refractivity contribution >= 4 is 31.5 Å². The zero-order valence-corrected chi connectivity index (χ0v) is 12.7. The Kier molecular flexibility index (Phi) is 5.74. The highest BCUT2D eigenvalue weighted by Gasteiger charge is 2.16. The van der Waals surface area contributed by atoms with Gasteiger partial charge in [0.15, 0.2) is 15.6 Å². The SMILES string of the molecule is CCS(=O)(=O)CCOc1ccc(CBr)cc1[N+](=O)[O-]. The van der Waals surface area contributed by atoms with Crippen LogP contribution < -0.4 is 4.74 Å². The second kappa shape index (κ2) is 6.85. The average Bonchev–Trinajstić information content (AvgIpc) is 2.38. The van der Waals surface area contributed by atoms with Crippen LogP contribution in [0.5, 0.6) is 5.75 Å². The minimum absolute atomic E-state index is 0.0287. The van der Waals surface area contributed by atoms with E-state index in [1.165, 1.54) is 12.1 Å². The van der Waals surface area contributed by atoms with Crippen LogP contribution in [-0.2, 0) is 15.2 Å². The number of rotatable bonds is 7. The number of halogens is 1. The average molecular weight is 352 g/mol. The minimum atomic E-state index is -3.14. The first-order chi connectivity index (χ1) is 8.89. The highest BCUT2D eigenvalue weighted by atomic mass is 79.9. The van der Waals surface area contributed by atoms with Gasteiger partial charge in [0.2, 0.25) is 0 Å². The van der Waals surface area contributed by atoms with Gasteiger partial charge in [0.05, 0.1) is 10.7 Å². The minimum Gasteiger partial charge on any atom is -0.486 e. The van der Waals surface area contributed by atoms with Gasteiger partial charge in [-0.05, 0) is 11.6 Å². The summed E-state index contributed by atoms with van der Waals surface area (Å²) in [5.41, 5.74) is 0.589. The number of alkyl halides is 1. The van der Waals surface area contributed by atoms with E-state index in [4.69, 9.17) is 4.74 Å². The van der Waals surface area contributed by atoms with Crippen LogP contribution in [0.4, 0.5) is 5.69 Å². The topological polar surface area (TPSA) is 86.5 Å². The maximum absolute atomic E-state index is 11.3. The van der Waals surface area contributed by atoms with Gasteiger partial charge in [0.1, 0.15) is 6.61 Å². The molecule has 0 saturated heterocycles. The Hall–Kier alpha value is -1.15. The number of sulfone groups is 1. The van der Waals surface area contributed by atoms with Crippen molar-refractivity contribution in [1.29, 1.82) is 0 Å². The Morgan fingerprint density at radius 1 is 1.42 bits per heavy atom. The molecule has 0 amide bonds. The lowest BCUT2D eigenvalue weighted by Gasteiger charge is -2.07. The molecule has 0 atom stereocenters. The lowest BCUT2D eigenvalue weighted by atomic mass is 10.2. The lowest BCUT2D eigenvalue weighted by molar-refractivity contribution is -0.385. The van der Waals surface area contributed by atoms with Gasteiger partial charge in [-0.1, -0.05) is 28.9 Å².